The molecule has 1 heterocycles. The van der Waals surface area contributed by atoms with Crippen molar-refractivity contribution in [1.29, 1.82) is 0 Å². The van der Waals surface area contributed by atoms with E-state index in [0.717, 1.165) is 44.5 Å². The van der Waals surface area contributed by atoms with Gasteiger partial charge in [0.05, 0.1) is 0 Å². The summed E-state index contributed by atoms with van der Waals surface area (Å²) in [5, 5.41) is 13.1. The maximum atomic E-state index is 11.7. The highest BCUT2D eigenvalue weighted by molar-refractivity contribution is 6.08. The Morgan fingerprint density at radius 2 is 1.86 bits per heavy atom. The van der Waals surface area contributed by atoms with Crippen LogP contribution < -0.4 is 11.1 Å². The molecule has 0 saturated carbocycles. The molecule has 0 spiro atoms. The molecule has 0 radical (unpaired) electrons. The van der Waals surface area contributed by atoms with Crippen LogP contribution in [0.15, 0.2) is 54.6 Å². The Hall–Kier alpha value is -2.31. The van der Waals surface area contributed by atoms with Gasteiger partial charge in [0.25, 0.3) is 0 Å². The predicted octanol–water partition coefficient (Wildman–Crippen LogP) is 2.31. The molecule has 0 bridgehead atoms. The maximum Gasteiger partial charge on any atom is 0.325 e. The summed E-state index contributed by atoms with van der Waals surface area (Å²) in [5.74, 6) is -0.851. The summed E-state index contributed by atoms with van der Waals surface area (Å²) >= 11 is 0. The molecule has 1 aliphatic rings. The standard InChI is InChI=1S/C22H30BN3O2/c23-12-4-7-19-15-26(16-22(19,24)21(27)28)14-13-25-20-10-8-18(9-11-20)17-5-2-1-3-6-17/h1-3,5-6,8-11,19,25H,4,7,12-16,23-24H2,(H,27,28)/t19-,22-/m0/s1. The monoisotopic (exact) mass is 379 g/mol. The number of carboxylic acids is 1. The SMILES string of the molecule is BCCC[C@H]1CN(CCNc2ccc(-c3ccccc3)cc2)C[C@@]1(N)C(=O)O. The normalized spacial score (nSPS) is 22.2. The second-order valence-corrected chi connectivity index (χ2v) is 7.79. The van der Waals surface area contributed by atoms with Crippen molar-refractivity contribution >= 4 is 19.5 Å². The van der Waals surface area contributed by atoms with Crippen molar-refractivity contribution < 1.29 is 9.90 Å². The Morgan fingerprint density at radius 1 is 1.18 bits per heavy atom. The number of hydrogen-bond acceptors (Lipinski definition) is 4. The Bertz CT molecular complexity index is 769. The Kier molecular flexibility index (Phi) is 6.76. The summed E-state index contributed by atoms with van der Waals surface area (Å²) in [7, 11) is 2.12. The minimum Gasteiger partial charge on any atom is -0.480 e. The van der Waals surface area contributed by atoms with Gasteiger partial charge in [-0.05, 0) is 29.7 Å². The van der Waals surface area contributed by atoms with Crippen LogP contribution in [-0.4, -0.2) is 55.5 Å². The van der Waals surface area contributed by atoms with Crippen LogP contribution in [0.5, 0.6) is 0 Å². The number of rotatable bonds is 9. The largest absolute Gasteiger partial charge is 0.480 e. The highest BCUT2D eigenvalue weighted by Gasteiger charge is 2.48. The fourth-order valence-electron chi connectivity index (χ4n) is 4.02. The van der Waals surface area contributed by atoms with E-state index in [1.807, 2.05) is 18.2 Å². The lowest BCUT2D eigenvalue weighted by Gasteiger charge is -2.25. The van der Waals surface area contributed by atoms with Crippen molar-refractivity contribution in [1.82, 2.24) is 4.90 Å². The minimum absolute atomic E-state index is 0.0232. The van der Waals surface area contributed by atoms with E-state index >= 15 is 0 Å². The molecular weight excluding hydrogens is 349 g/mol. The van der Waals surface area contributed by atoms with Gasteiger partial charge in [-0.1, -0.05) is 55.2 Å². The summed E-state index contributed by atoms with van der Waals surface area (Å²) in [6.07, 6.45) is 2.97. The van der Waals surface area contributed by atoms with Gasteiger partial charge in [-0.15, -0.1) is 0 Å². The van der Waals surface area contributed by atoms with E-state index < -0.39 is 11.5 Å². The van der Waals surface area contributed by atoms with Crippen LogP contribution in [0.3, 0.4) is 0 Å². The number of nitrogens with zero attached hydrogens (tertiary/aromatic N) is 1. The number of benzene rings is 2. The number of carbonyl (C=O) groups is 1. The second kappa shape index (κ2) is 9.26. The van der Waals surface area contributed by atoms with E-state index in [1.165, 1.54) is 11.1 Å². The highest BCUT2D eigenvalue weighted by atomic mass is 16.4. The average Bonchev–Trinajstić information content (AvgIpc) is 3.04. The summed E-state index contributed by atoms with van der Waals surface area (Å²) in [4.78, 5) is 13.9. The maximum absolute atomic E-state index is 11.7. The first-order valence-corrected chi connectivity index (χ1v) is 10.2. The summed E-state index contributed by atoms with van der Waals surface area (Å²) in [5.41, 5.74) is 8.62. The summed E-state index contributed by atoms with van der Waals surface area (Å²) in [6, 6.07) is 18.7. The Balaban J connectivity index is 1.51. The van der Waals surface area contributed by atoms with Gasteiger partial charge in [-0.25, -0.2) is 0 Å². The van der Waals surface area contributed by atoms with Gasteiger partial charge < -0.3 is 16.2 Å². The molecule has 1 saturated heterocycles. The molecule has 2 aromatic rings. The zero-order chi connectivity index (χ0) is 20.0. The molecule has 1 fully saturated rings. The lowest BCUT2D eigenvalue weighted by atomic mass is 9.83. The summed E-state index contributed by atoms with van der Waals surface area (Å²) in [6.45, 7) is 2.74. The first kappa shape index (κ1) is 20.4. The van der Waals surface area contributed by atoms with Crippen molar-refractivity contribution in [3.63, 3.8) is 0 Å². The van der Waals surface area contributed by atoms with Crippen molar-refractivity contribution in [2.75, 3.05) is 31.5 Å². The van der Waals surface area contributed by atoms with E-state index in [4.69, 9.17) is 5.73 Å². The van der Waals surface area contributed by atoms with Crippen molar-refractivity contribution in [3.8, 4) is 11.1 Å². The van der Waals surface area contributed by atoms with Gasteiger partial charge in [0.1, 0.15) is 13.4 Å². The number of anilines is 1. The number of likely N-dealkylation sites (tertiary alicyclic amines) is 1. The van der Waals surface area contributed by atoms with E-state index in [-0.39, 0.29) is 5.92 Å². The van der Waals surface area contributed by atoms with Crippen LogP contribution in [0.25, 0.3) is 11.1 Å². The molecule has 0 unspecified atom stereocenters. The van der Waals surface area contributed by atoms with E-state index in [2.05, 4.69) is 54.5 Å². The van der Waals surface area contributed by atoms with Gasteiger partial charge in [-0.2, -0.15) is 0 Å². The van der Waals surface area contributed by atoms with Gasteiger partial charge in [0.15, 0.2) is 0 Å². The predicted molar refractivity (Wildman–Crippen MR) is 117 cm³/mol. The van der Waals surface area contributed by atoms with Gasteiger partial charge in [0, 0.05) is 37.8 Å². The number of hydrogen-bond donors (Lipinski definition) is 3. The number of aliphatic carboxylic acids is 1. The van der Waals surface area contributed by atoms with E-state index in [9.17, 15) is 9.90 Å². The lowest BCUT2D eigenvalue weighted by molar-refractivity contribution is -0.144. The van der Waals surface area contributed by atoms with Crippen LogP contribution >= 0.6 is 0 Å². The molecule has 0 aliphatic carbocycles. The lowest BCUT2D eigenvalue weighted by Crippen LogP contribution is -2.54. The third-order valence-corrected chi connectivity index (χ3v) is 5.75. The molecule has 6 heteroatoms. The minimum atomic E-state index is -1.12. The topological polar surface area (TPSA) is 78.6 Å². The summed E-state index contributed by atoms with van der Waals surface area (Å²) < 4.78 is 0. The fourth-order valence-corrected chi connectivity index (χ4v) is 4.02. The van der Waals surface area contributed by atoms with Crippen molar-refractivity contribution in [3.05, 3.63) is 54.6 Å². The second-order valence-electron chi connectivity index (χ2n) is 7.79. The first-order valence-electron chi connectivity index (χ1n) is 10.2. The molecular formula is C22H30BN3O2. The van der Waals surface area contributed by atoms with Crippen LogP contribution in [0, 0.1) is 5.92 Å². The molecule has 0 aromatic heterocycles. The van der Waals surface area contributed by atoms with E-state index in [1.54, 1.807) is 0 Å². The van der Waals surface area contributed by atoms with Crippen molar-refractivity contribution in [2.45, 2.75) is 24.7 Å². The molecule has 5 nitrogen and oxygen atoms in total. The van der Waals surface area contributed by atoms with Crippen LogP contribution in [0.2, 0.25) is 6.32 Å². The Labute approximate surface area is 168 Å². The Morgan fingerprint density at radius 3 is 2.50 bits per heavy atom. The molecule has 148 valence electrons. The molecule has 1 aliphatic heterocycles. The quantitative estimate of drug-likeness (QED) is 0.583. The zero-order valence-electron chi connectivity index (χ0n) is 16.6. The third kappa shape index (κ3) is 4.75. The molecule has 4 N–H and O–H groups in total. The van der Waals surface area contributed by atoms with Gasteiger partial charge in [0.2, 0.25) is 0 Å². The molecule has 2 aromatic carbocycles. The smallest absolute Gasteiger partial charge is 0.325 e. The molecule has 2 atom stereocenters. The number of carboxylic acid groups (broad SMARTS) is 1. The molecule has 0 amide bonds. The van der Waals surface area contributed by atoms with E-state index in [0.29, 0.717) is 6.54 Å². The highest BCUT2D eigenvalue weighted by Crippen LogP contribution is 2.30. The molecule has 3 rings (SSSR count). The average molecular weight is 379 g/mol. The zero-order valence-corrected chi connectivity index (χ0v) is 16.6. The number of nitrogens with two attached hydrogens (primary N) is 1. The van der Waals surface area contributed by atoms with Crippen molar-refractivity contribution in [2.24, 2.45) is 11.7 Å². The van der Waals surface area contributed by atoms with Crippen LogP contribution in [0.4, 0.5) is 5.69 Å². The number of nitrogens with one attached hydrogen (secondary N) is 1. The third-order valence-electron chi connectivity index (χ3n) is 5.75. The van der Waals surface area contributed by atoms with Gasteiger partial charge >= 0.3 is 5.97 Å². The van der Waals surface area contributed by atoms with Crippen LogP contribution in [-0.2, 0) is 4.79 Å². The van der Waals surface area contributed by atoms with Crippen LogP contribution in [0.1, 0.15) is 12.8 Å². The fraction of sp³-hybridized carbons (Fsp3) is 0.409. The first-order chi connectivity index (χ1) is 13.5. The van der Waals surface area contributed by atoms with Gasteiger partial charge in [-0.3, -0.25) is 9.69 Å². The molecule has 28 heavy (non-hydrogen) atoms.